The number of phenolic OH excluding ortho intramolecular Hbond substituents is 1. The number of aromatic hydroxyl groups is 1. The number of phenols is 1. The Morgan fingerprint density at radius 1 is 1.17 bits per heavy atom. The van der Waals surface area contributed by atoms with Gasteiger partial charge in [-0.25, -0.2) is 4.68 Å². The third kappa shape index (κ3) is 2.12. The van der Waals surface area contributed by atoms with Crippen LogP contribution in [0.3, 0.4) is 0 Å². The highest BCUT2D eigenvalue weighted by atomic mass is 16.5. The van der Waals surface area contributed by atoms with Crippen LogP contribution in [0.5, 0.6) is 11.5 Å². The van der Waals surface area contributed by atoms with Crippen molar-refractivity contribution in [1.82, 2.24) is 9.78 Å². The zero-order valence-corrected chi connectivity index (χ0v) is 12.9. The van der Waals surface area contributed by atoms with Crippen LogP contribution in [0.15, 0.2) is 48.5 Å². The second-order valence-electron chi connectivity index (χ2n) is 5.64. The molecule has 1 aromatic heterocycles. The molecule has 116 valence electrons. The van der Waals surface area contributed by atoms with E-state index in [1.54, 1.807) is 19.2 Å². The van der Waals surface area contributed by atoms with E-state index in [-0.39, 0.29) is 11.9 Å². The minimum atomic E-state index is -0.176. The average molecular weight is 307 g/mol. The van der Waals surface area contributed by atoms with E-state index in [2.05, 4.69) is 28.6 Å². The Hall–Kier alpha value is -2.95. The van der Waals surface area contributed by atoms with E-state index < -0.39 is 0 Å². The molecule has 23 heavy (non-hydrogen) atoms. The average Bonchev–Trinajstić information content (AvgIpc) is 2.95. The van der Waals surface area contributed by atoms with E-state index in [1.807, 2.05) is 29.8 Å². The molecular formula is C18H17N3O2. The predicted molar refractivity (Wildman–Crippen MR) is 88.8 cm³/mol. The van der Waals surface area contributed by atoms with Crippen LogP contribution < -0.4 is 10.1 Å². The Morgan fingerprint density at radius 3 is 2.78 bits per heavy atom. The number of benzene rings is 2. The highest BCUT2D eigenvalue weighted by Crippen LogP contribution is 2.39. The molecule has 0 spiro atoms. The smallest absolute Gasteiger partial charge is 0.160 e. The van der Waals surface area contributed by atoms with Gasteiger partial charge >= 0.3 is 0 Å². The van der Waals surface area contributed by atoms with Crippen LogP contribution in [-0.2, 0) is 0 Å². The van der Waals surface area contributed by atoms with Gasteiger partial charge in [0.05, 0.1) is 18.5 Å². The number of fused-ring (bicyclic) bond motifs is 3. The number of para-hydroxylation sites is 1. The van der Waals surface area contributed by atoms with Gasteiger partial charge in [-0.1, -0.05) is 24.3 Å². The van der Waals surface area contributed by atoms with Crippen molar-refractivity contribution in [3.63, 3.8) is 0 Å². The van der Waals surface area contributed by atoms with Gasteiger partial charge < -0.3 is 15.2 Å². The molecular weight excluding hydrogens is 290 g/mol. The number of nitrogens with one attached hydrogen (secondary N) is 1. The van der Waals surface area contributed by atoms with Gasteiger partial charge in [0.2, 0.25) is 0 Å². The van der Waals surface area contributed by atoms with Crippen LogP contribution in [0, 0.1) is 6.92 Å². The maximum atomic E-state index is 10.1. The van der Waals surface area contributed by atoms with Crippen molar-refractivity contribution in [3.05, 3.63) is 59.8 Å². The fraction of sp³-hybridized carbons (Fsp3) is 0.167. The molecule has 5 nitrogen and oxygen atoms in total. The van der Waals surface area contributed by atoms with E-state index in [1.165, 1.54) is 0 Å². The second kappa shape index (κ2) is 5.05. The lowest BCUT2D eigenvalue weighted by Crippen LogP contribution is -2.25. The number of rotatable bonds is 2. The monoisotopic (exact) mass is 307 g/mol. The fourth-order valence-corrected chi connectivity index (χ4v) is 3.06. The maximum Gasteiger partial charge on any atom is 0.160 e. The van der Waals surface area contributed by atoms with Crippen LogP contribution in [0.4, 0.5) is 5.69 Å². The molecule has 2 aromatic carbocycles. The van der Waals surface area contributed by atoms with Gasteiger partial charge in [-0.2, -0.15) is 5.10 Å². The summed E-state index contributed by atoms with van der Waals surface area (Å²) in [6.45, 7) is 1.98. The number of hydrogen-bond acceptors (Lipinski definition) is 4. The van der Waals surface area contributed by atoms with Crippen LogP contribution in [0.1, 0.15) is 17.4 Å². The first-order valence-electron chi connectivity index (χ1n) is 7.46. The number of aromatic nitrogens is 2. The molecule has 1 aliphatic heterocycles. The SMILES string of the molecule is COc1ccc([C@H]2Nc3ccccc3-c3cc(C)nn32)cc1O. The normalized spacial score (nSPS) is 15.5. The Balaban J connectivity index is 1.86. The Kier molecular flexibility index (Phi) is 3.01. The molecule has 0 unspecified atom stereocenters. The molecule has 0 saturated heterocycles. The van der Waals surface area contributed by atoms with Gasteiger partial charge in [0.15, 0.2) is 11.5 Å². The number of hydrogen-bond donors (Lipinski definition) is 2. The summed E-state index contributed by atoms with van der Waals surface area (Å²) >= 11 is 0. The molecule has 0 saturated carbocycles. The van der Waals surface area contributed by atoms with Gasteiger partial charge in [-0.05, 0) is 31.2 Å². The van der Waals surface area contributed by atoms with Gasteiger partial charge in [-0.15, -0.1) is 0 Å². The molecule has 3 aromatic rings. The summed E-state index contributed by atoms with van der Waals surface area (Å²) in [6.07, 6.45) is -0.176. The van der Waals surface area contributed by atoms with Crippen LogP contribution in [0.25, 0.3) is 11.3 Å². The molecule has 1 aliphatic rings. The maximum absolute atomic E-state index is 10.1. The summed E-state index contributed by atoms with van der Waals surface area (Å²) in [5.74, 6) is 0.581. The topological polar surface area (TPSA) is 59.3 Å². The second-order valence-corrected chi connectivity index (χ2v) is 5.64. The quantitative estimate of drug-likeness (QED) is 0.760. The third-order valence-electron chi connectivity index (χ3n) is 4.12. The van der Waals surface area contributed by atoms with Crippen LogP contribution >= 0.6 is 0 Å². The third-order valence-corrected chi connectivity index (χ3v) is 4.12. The molecule has 2 heterocycles. The zero-order chi connectivity index (χ0) is 16.0. The molecule has 0 radical (unpaired) electrons. The standard InChI is InChI=1S/C18H17N3O2/c1-11-9-15-13-5-3-4-6-14(13)19-18(21(15)20-11)12-7-8-17(23-2)16(22)10-12/h3-10,18-19,22H,1-2H3/t18-/m0/s1. The van der Waals surface area contributed by atoms with Crippen molar-refractivity contribution < 1.29 is 9.84 Å². The highest BCUT2D eigenvalue weighted by Gasteiger charge is 2.26. The molecule has 0 aliphatic carbocycles. The van der Waals surface area contributed by atoms with E-state index >= 15 is 0 Å². The predicted octanol–water partition coefficient (Wildman–Crippen LogP) is 3.55. The summed E-state index contributed by atoms with van der Waals surface area (Å²) in [7, 11) is 1.54. The lowest BCUT2D eigenvalue weighted by atomic mass is 10.0. The fourth-order valence-electron chi connectivity index (χ4n) is 3.06. The van der Waals surface area contributed by atoms with E-state index in [0.29, 0.717) is 5.75 Å². The van der Waals surface area contributed by atoms with Crippen LogP contribution in [0.2, 0.25) is 0 Å². The number of ether oxygens (including phenoxy) is 1. The number of anilines is 1. The molecule has 4 rings (SSSR count). The number of aryl methyl sites for hydroxylation is 1. The van der Waals surface area contributed by atoms with Gasteiger partial charge in [-0.3, -0.25) is 0 Å². The first-order valence-corrected chi connectivity index (χ1v) is 7.46. The van der Waals surface area contributed by atoms with Crippen molar-refractivity contribution in [3.8, 4) is 22.8 Å². The molecule has 2 N–H and O–H groups in total. The lowest BCUT2D eigenvalue weighted by molar-refractivity contribution is 0.372. The molecule has 1 atom stereocenters. The molecule has 0 amide bonds. The zero-order valence-electron chi connectivity index (χ0n) is 12.9. The van der Waals surface area contributed by atoms with E-state index in [9.17, 15) is 5.11 Å². The Morgan fingerprint density at radius 2 is 2.00 bits per heavy atom. The van der Waals surface area contributed by atoms with Crippen molar-refractivity contribution in [2.45, 2.75) is 13.1 Å². The molecule has 0 bridgehead atoms. The van der Waals surface area contributed by atoms with Gasteiger partial charge in [0, 0.05) is 16.8 Å². The van der Waals surface area contributed by atoms with E-state index in [4.69, 9.17) is 4.74 Å². The summed E-state index contributed by atoms with van der Waals surface area (Å²) < 4.78 is 7.08. The Labute approximate surface area is 134 Å². The van der Waals surface area contributed by atoms with Crippen molar-refractivity contribution in [2.75, 3.05) is 12.4 Å². The molecule has 5 heteroatoms. The van der Waals surface area contributed by atoms with Crippen molar-refractivity contribution in [2.24, 2.45) is 0 Å². The van der Waals surface area contributed by atoms with Crippen molar-refractivity contribution >= 4 is 5.69 Å². The number of nitrogens with zero attached hydrogens (tertiary/aromatic N) is 2. The minimum absolute atomic E-state index is 0.121. The highest BCUT2D eigenvalue weighted by molar-refractivity contribution is 5.78. The van der Waals surface area contributed by atoms with Gasteiger partial charge in [0.1, 0.15) is 6.17 Å². The molecule has 0 fully saturated rings. The van der Waals surface area contributed by atoms with Crippen molar-refractivity contribution in [1.29, 1.82) is 0 Å². The van der Waals surface area contributed by atoms with Gasteiger partial charge in [0.25, 0.3) is 0 Å². The van der Waals surface area contributed by atoms with Crippen LogP contribution in [-0.4, -0.2) is 22.0 Å². The summed E-state index contributed by atoms with van der Waals surface area (Å²) in [4.78, 5) is 0. The summed E-state index contributed by atoms with van der Waals surface area (Å²) in [6, 6.07) is 15.7. The van der Waals surface area contributed by atoms with E-state index in [0.717, 1.165) is 28.2 Å². The lowest BCUT2D eigenvalue weighted by Gasteiger charge is -2.29. The number of methoxy groups -OCH3 is 1. The first-order chi connectivity index (χ1) is 11.2. The largest absolute Gasteiger partial charge is 0.504 e. The first kappa shape index (κ1) is 13.7. The summed E-state index contributed by atoms with van der Waals surface area (Å²) in [5, 5.41) is 18.2. The summed E-state index contributed by atoms with van der Waals surface area (Å²) in [5.41, 5.74) is 5.13. The minimum Gasteiger partial charge on any atom is -0.504 e. The Bertz CT molecular complexity index is 886.